The van der Waals surface area contributed by atoms with Gasteiger partial charge in [-0.25, -0.2) is 0 Å². The molecule has 0 aromatic carbocycles. The summed E-state index contributed by atoms with van der Waals surface area (Å²) in [7, 11) is 0. The van der Waals surface area contributed by atoms with E-state index in [2.05, 4.69) is 34.6 Å². The Kier molecular flexibility index (Phi) is 33.7. The Labute approximate surface area is 263 Å². The highest BCUT2D eigenvalue weighted by Gasteiger charge is 2.36. The van der Waals surface area contributed by atoms with Crippen LogP contribution in [0.4, 0.5) is 0 Å². The van der Waals surface area contributed by atoms with E-state index >= 15 is 0 Å². The molecule has 0 aliphatic heterocycles. The highest BCUT2D eigenvalue weighted by atomic mass is 16.4. The Morgan fingerprint density at radius 2 is 0.690 bits per heavy atom. The minimum absolute atomic E-state index is 0.0898. The lowest BCUT2D eigenvalue weighted by atomic mass is 9.74. The van der Waals surface area contributed by atoms with Crippen molar-refractivity contribution in [1.82, 2.24) is 0 Å². The van der Waals surface area contributed by atoms with Crippen LogP contribution in [0.15, 0.2) is 0 Å². The molecule has 1 unspecified atom stereocenters. The van der Waals surface area contributed by atoms with Crippen molar-refractivity contribution in [2.24, 2.45) is 11.3 Å². The summed E-state index contributed by atoms with van der Waals surface area (Å²) in [5.74, 6) is -1.20. The van der Waals surface area contributed by atoms with E-state index in [-0.39, 0.29) is 5.92 Å². The molecule has 0 aliphatic carbocycles. The summed E-state index contributed by atoms with van der Waals surface area (Å²) in [5.41, 5.74) is -0.438. The van der Waals surface area contributed by atoms with E-state index in [0.717, 1.165) is 64.2 Å². The average Bonchev–Trinajstić information content (AvgIpc) is 2.97. The lowest BCUT2D eigenvalue weighted by Crippen LogP contribution is -2.31. The number of hydrogen-bond donors (Lipinski definition) is 2. The van der Waals surface area contributed by atoms with E-state index in [9.17, 15) is 19.8 Å². The Morgan fingerprint density at radius 1 is 0.429 bits per heavy atom. The number of rotatable bonds is 31. The van der Waals surface area contributed by atoms with Crippen LogP contribution in [0.25, 0.3) is 0 Å². The third-order valence-electron chi connectivity index (χ3n) is 9.14. The molecule has 42 heavy (non-hydrogen) atoms. The molecule has 1 atom stereocenters. The molecule has 0 aliphatic rings. The first-order valence-corrected chi connectivity index (χ1v) is 18.8. The van der Waals surface area contributed by atoms with Gasteiger partial charge in [0.1, 0.15) is 0 Å². The highest BCUT2D eigenvalue weighted by Crippen LogP contribution is 2.38. The molecule has 0 heterocycles. The van der Waals surface area contributed by atoms with Gasteiger partial charge in [0.25, 0.3) is 0 Å². The zero-order chi connectivity index (χ0) is 31.7. The van der Waals surface area contributed by atoms with Crippen molar-refractivity contribution in [3.8, 4) is 0 Å². The Balaban J connectivity index is 0. The molecular formula is C38H76O4. The van der Waals surface area contributed by atoms with E-state index in [1.165, 1.54) is 122 Å². The quantitative estimate of drug-likeness (QED) is 0.0780. The molecule has 2 N–H and O–H groups in total. The summed E-state index contributed by atoms with van der Waals surface area (Å²) < 4.78 is 0. The molecule has 4 heteroatoms. The molecule has 0 spiro atoms. The molecule has 0 saturated heterocycles. The van der Waals surface area contributed by atoms with Crippen LogP contribution in [0.2, 0.25) is 0 Å². The second-order valence-electron chi connectivity index (χ2n) is 13.2. The maximum absolute atomic E-state index is 12.1. The summed E-state index contributed by atoms with van der Waals surface area (Å²) in [6, 6.07) is 0. The van der Waals surface area contributed by atoms with E-state index in [1.807, 2.05) is 0 Å². The van der Waals surface area contributed by atoms with Crippen molar-refractivity contribution in [3.05, 3.63) is 0 Å². The van der Waals surface area contributed by atoms with Crippen molar-refractivity contribution in [2.75, 3.05) is 0 Å². The van der Waals surface area contributed by atoms with E-state index in [0.29, 0.717) is 0 Å². The van der Waals surface area contributed by atoms with E-state index < -0.39 is 17.4 Å². The van der Waals surface area contributed by atoms with Gasteiger partial charge >= 0.3 is 11.9 Å². The van der Waals surface area contributed by atoms with Gasteiger partial charge in [-0.3, -0.25) is 9.59 Å². The number of unbranched alkanes of at least 4 members (excludes halogenated alkanes) is 19. The third kappa shape index (κ3) is 26.6. The number of aliphatic carboxylic acids is 2. The summed E-state index contributed by atoms with van der Waals surface area (Å²) in [5, 5.41) is 19.1. The predicted octanol–water partition coefficient (Wildman–Crippen LogP) is 13.2. The van der Waals surface area contributed by atoms with Gasteiger partial charge in [0.2, 0.25) is 0 Å². The fourth-order valence-electron chi connectivity index (χ4n) is 6.10. The van der Waals surface area contributed by atoms with Crippen LogP contribution < -0.4 is 0 Å². The first-order valence-electron chi connectivity index (χ1n) is 18.8. The zero-order valence-electron chi connectivity index (χ0n) is 29.3. The molecule has 0 fully saturated rings. The smallest absolute Gasteiger partial charge is 0.309 e. The van der Waals surface area contributed by atoms with Crippen molar-refractivity contribution in [2.45, 2.75) is 221 Å². The Bertz CT molecular complexity index is 561. The Hall–Kier alpha value is -1.06. The van der Waals surface area contributed by atoms with Crippen LogP contribution in [0.5, 0.6) is 0 Å². The monoisotopic (exact) mass is 597 g/mol. The van der Waals surface area contributed by atoms with Gasteiger partial charge in [0, 0.05) is 0 Å². The largest absolute Gasteiger partial charge is 0.481 e. The summed E-state index contributed by atoms with van der Waals surface area (Å²) in [6.07, 6.45) is 33.6. The maximum atomic E-state index is 12.1. The van der Waals surface area contributed by atoms with Crippen LogP contribution in [0.3, 0.4) is 0 Å². The standard InChI is InChI=1S/C22H44O2.C16H32O2/c1-4-7-10-13-14-17-20-22(21(23)24,18-15-11-8-5-2)19-16-12-9-6-3;1-3-5-7-9-10-12-14-15(16(17)18)13-11-8-6-4-2/h4-20H2,1-3H3,(H,23,24);15H,3-14H2,1-2H3,(H,17,18). The molecule has 0 rings (SSSR count). The van der Waals surface area contributed by atoms with E-state index in [4.69, 9.17) is 0 Å². The predicted molar refractivity (Wildman–Crippen MR) is 183 cm³/mol. The lowest BCUT2D eigenvalue weighted by Gasteiger charge is -2.30. The maximum Gasteiger partial charge on any atom is 0.309 e. The van der Waals surface area contributed by atoms with Crippen LogP contribution >= 0.6 is 0 Å². The Morgan fingerprint density at radius 3 is 1.00 bits per heavy atom. The molecular weight excluding hydrogens is 520 g/mol. The molecule has 0 saturated carbocycles. The van der Waals surface area contributed by atoms with Crippen molar-refractivity contribution < 1.29 is 19.8 Å². The van der Waals surface area contributed by atoms with Crippen molar-refractivity contribution in [1.29, 1.82) is 0 Å². The summed E-state index contributed by atoms with van der Waals surface area (Å²) >= 11 is 0. The number of carbonyl (C=O) groups is 2. The zero-order valence-corrected chi connectivity index (χ0v) is 29.3. The summed E-state index contributed by atoms with van der Waals surface area (Å²) in [4.78, 5) is 23.2. The second-order valence-corrected chi connectivity index (χ2v) is 13.2. The topological polar surface area (TPSA) is 74.6 Å². The first kappa shape index (κ1) is 43.1. The van der Waals surface area contributed by atoms with Crippen LogP contribution in [-0.4, -0.2) is 22.2 Å². The van der Waals surface area contributed by atoms with Crippen molar-refractivity contribution in [3.63, 3.8) is 0 Å². The van der Waals surface area contributed by atoms with Crippen LogP contribution in [-0.2, 0) is 9.59 Å². The molecule has 0 radical (unpaired) electrons. The van der Waals surface area contributed by atoms with E-state index in [1.54, 1.807) is 0 Å². The van der Waals surface area contributed by atoms with Crippen LogP contribution in [0.1, 0.15) is 221 Å². The molecule has 252 valence electrons. The normalized spacial score (nSPS) is 12.1. The van der Waals surface area contributed by atoms with Gasteiger partial charge in [0.15, 0.2) is 0 Å². The van der Waals surface area contributed by atoms with Crippen LogP contribution in [0, 0.1) is 11.3 Å². The molecule has 0 bridgehead atoms. The number of carboxylic acids is 2. The van der Waals surface area contributed by atoms with Gasteiger partial charge in [0.05, 0.1) is 11.3 Å². The minimum Gasteiger partial charge on any atom is -0.481 e. The average molecular weight is 597 g/mol. The number of carboxylic acid groups (broad SMARTS) is 2. The van der Waals surface area contributed by atoms with Gasteiger partial charge in [-0.15, -0.1) is 0 Å². The van der Waals surface area contributed by atoms with Gasteiger partial charge in [-0.1, -0.05) is 189 Å². The first-order chi connectivity index (χ1) is 20.3. The molecule has 0 aromatic heterocycles. The van der Waals surface area contributed by atoms with Gasteiger partial charge < -0.3 is 10.2 Å². The SMILES string of the molecule is CCCCCCCCC(CCCCCC)(CCCCCC)C(=O)O.CCCCCCCCC(CCCCCC)C(=O)O. The van der Waals surface area contributed by atoms with Gasteiger partial charge in [-0.2, -0.15) is 0 Å². The fourth-order valence-corrected chi connectivity index (χ4v) is 6.10. The second kappa shape index (κ2) is 32.8. The molecule has 4 nitrogen and oxygen atoms in total. The fraction of sp³-hybridized carbons (Fsp3) is 0.947. The highest BCUT2D eigenvalue weighted by molar-refractivity contribution is 5.74. The molecule has 0 amide bonds. The van der Waals surface area contributed by atoms with Crippen molar-refractivity contribution >= 4 is 11.9 Å². The van der Waals surface area contributed by atoms with Gasteiger partial charge in [-0.05, 0) is 32.1 Å². The summed E-state index contributed by atoms with van der Waals surface area (Å²) in [6.45, 7) is 11.1. The third-order valence-corrected chi connectivity index (χ3v) is 9.14. The lowest BCUT2D eigenvalue weighted by molar-refractivity contribution is -0.151. The minimum atomic E-state index is -0.583. The number of hydrogen-bond acceptors (Lipinski definition) is 2. The molecule has 0 aromatic rings.